The van der Waals surface area contributed by atoms with Gasteiger partial charge in [-0.3, -0.25) is 4.98 Å². The zero-order chi connectivity index (χ0) is 14.5. The molecule has 106 valence electrons. The van der Waals surface area contributed by atoms with E-state index in [-0.39, 0.29) is 16.9 Å². The van der Waals surface area contributed by atoms with Crippen LogP contribution in [0.3, 0.4) is 0 Å². The monoisotopic (exact) mass is 292 g/mol. The van der Waals surface area contributed by atoms with Gasteiger partial charge < -0.3 is 5.32 Å². The van der Waals surface area contributed by atoms with Gasteiger partial charge in [0, 0.05) is 24.4 Å². The van der Waals surface area contributed by atoms with E-state index in [1.807, 2.05) is 32.2 Å². The third-order valence-corrected chi connectivity index (χ3v) is 3.47. The second kappa shape index (κ2) is 6.82. The Morgan fingerprint density at radius 3 is 2.70 bits per heavy atom. The number of rotatable bonds is 5. The van der Waals surface area contributed by atoms with Gasteiger partial charge in [-0.25, -0.2) is 4.39 Å². The molecular formula is C16H18ClFN2. The SMILES string of the molecule is CCNC(Cc1ccc(C)cn1)c1ccc(F)c(Cl)c1. The molecule has 2 aromatic rings. The van der Waals surface area contributed by atoms with Crippen molar-refractivity contribution in [2.45, 2.75) is 26.3 Å². The van der Waals surface area contributed by atoms with Gasteiger partial charge in [0.05, 0.1) is 5.02 Å². The first-order valence-electron chi connectivity index (χ1n) is 6.70. The lowest BCUT2D eigenvalue weighted by Gasteiger charge is -2.18. The fourth-order valence-electron chi connectivity index (χ4n) is 2.11. The van der Waals surface area contributed by atoms with Crippen LogP contribution in [0.2, 0.25) is 5.02 Å². The average Bonchev–Trinajstić information content (AvgIpc) is 2.44. The smallest absolute Gasteiger partial charge is 0.141 e. The summed E-state index contributed by atoms with van der Waals surface area (Å²) in [6.45, 7) is 4.88. The van der Waals surface area contributed by atoms with Gasteiger partial charge in [0.2, 0.25) is 0 Å². The molecule has 0 bridgehead atoms. The minimum Gasteiger partial charge on any atom is -0.310 e. The van der Waals surface area contributed by atoms with Crippen molar-refractivity contribution in [2.75, 3.05) is 6.54 Å². The van der Waals surface area contributed by atoms with Crippen molar-refractivity contribution in [2.24, 2.45) is 0 Å². The molecule has 0 aliphatic heterocycles. The maximum Gasteiger partial charge on any atom is 0.141 e. The van der Waals surface area contributed by atoms with Gasteiger partial charge in [0.15, 0.2) is 0 Å². The highest BCUT2D eigenvalue weighted by Crippen LogP contribution is 2.23. The molecule has 0 radical (unpaired) electrons. The third-order valence-electron chi connectivity index (χ3n) is 3.18. The second-order valence-electron chi connectivity index (χ2n) is 4.81. The molecular weight excluding hydrogens is 275 g/mol. The Morgan fingerprint density at radius 1 is 1.30 bits per heavy atom. The summed E-state index contributed by atoms with van der Waals surface area (Å²) in [4.78, 5) is 4.42. The lowest BCUT2D eigenvalue weighted by atomic mass is 10.0. The summed E-state index contributed by atoms with van der Waals surface area (Å²) in [7, 11) is 0. The highest BCUT2D eigenvalue weighted by atomic mass is 35.5. The van der Waals surface area contributed by atoms with Gasteiger partial charge in [-0.05, 0) is 42.8 Å². The summed E-state index contributed by atoms with van der Waals surface area (Å²) in [5.74, 6) is -0.390. The van der Waals surface area contributed by atoms with Crippen LogP contribution in [0, 0.1) is 12.7 Å². The van der Waals surface area contributed by atoms with Crippen LogP contribution < -0.4 is 5.32 Å². The van der Waals surface area contributed by atoms with Crippen LogP contribution in [0.15, 0.2) is 36.5 Å². The van der Waals surface area contributed by atoms with E-state index in [1.165, 1.54) is 6.07 Å². The molecule has 1 unspecified atom stereocenters. The zero-order valence-corrected chi connectivity index (χ0v) is 12.4. The number of aryl methyl sites for hydroxylation is 1. The number of halogens is 2. The van der Waals surface area contributed by atoms with Crippen LogP contribution >= 0.6 is 11.6 Å². The Morgan fingerprint density at radius 2 is 2.10 bits per heavy atom. The normalized spacial score (nSPS) is 12.4. The highest BCUT2D eigenvalue weighted by molar-refractivity contribution is 6.30. The van der Waals surface area contributed by atoms with Crippen LogP contribution in [-0.4, -0.2) is 11.5 Å². The molecule has 0 fully saturated rings. The number of hydrogen-bond donors (Lipinski definition) is 1. The highest BCUT2D eigenvalue weighted by Gasteiger charge is 2.13. The lowest BCUT2D eigenvalue weighted by Crippen LogP contribution is -2.23. The number of nitrogens with zero attached hydrogens (tertiary/aromatic N) is 1. The third kappa shape index (κ3) is 3.78. The first-order valence-corrected chi connectivity index (χ1v) is 7.07. The first kappa shape index (κ1) is 14.9. The van der Waals surface area contributed by atoms with E-state index in [2.05, 4.69) is 10.3 Å². The van der Waals surface area contributed by atoms with Gasteiger partial charge in [0.1, 0.15) is 5.82 Å². The van der Waals surface area contributed by atoms with Gasteiger partial charge in [0.25, 0.3) is 0 Å². The first-order chi connectivity index (χ1) is 9.60. The molecule has 1 atom stereocenters. The minimum absolute atomic E-state index is 0.0771. The van der Waals surface area contributed by atoms with Gasteiger partial charge in [-0.2, -0.15) is 0 Å². The Balaban J connectivity index is 2.21. The number of nitrogens with one attached hydrogen (secondary N) is 1. The number of hydrogen-bond acceptors (Lipinski definition) is 2. The molecule has 2 rings (SSSR count). The second-order valence-corrected chi connectivity index (χ2v) is 5.22. The molecule has 0 saturated heterocycles. The molecule has 2 nitrogen and oxygen atoms in total. The summed E-state index contributed by atoms with van der Waals surface area (Å²) < 4.78 is 13.3. The molecule has 0 saturated carbocycles. The predicted molar refractivity (Wildman–Crippen MR) is 80.5 cm³/mol. The zero-order valence-electron chi connectivity index (χ0n) is 11.7. The predicted octanol–water partition coefficient (Wildman–Crippen LogP) is 4.08. The van der Waals surface area contributed by atoms with Crippen LogP contribution in [0.1, 0.15) is 29.8 Å². The summed E-state index contributed by atoms with van der Waals surface area (Å²) in [5.41, 5.74) is 3.11. The number of benzene rings is 1. The molecule has 0 aliphatic rings. The van der Waals surface area contributed by atoms with Crippen molar-refractivity contribution in [1.82, 2.24) is 10.3 Å². The van der Waals surface area contributed by atoms with Gasteiger partial charge >= 0.3 is 0 Å². The topological polar surface area (TPSA) is 24.9 Å². The molecule has 0 aliphatic carbocycles. The largest absolute Gasteiger partial charge is 0.310 e. The number of pyridine rings is 1. The van der Waals surface area contributed by atoms with Crippen molar-refractivity contribution in [1.29, 1.82) is 0 Å². The maximum atomic E-state index is 13.3. The van der Waals surface area contributed by atoms with Gasteiger partial charge in [-0.1, -0.05) is 30.7 Å². The van der Waals surface area contributed by atoms with Crippen LogP contribution in [0.5, 0.6) is 0 Å². The standard InChI is InChI=1S/C16H18ClFN2/c1-3-19-16(9-13-6-4-11(2)10-20-13)12-5-7-15(18)14(17)8-12/h4-8,10,16,19H,3,9H2,1-2H3. The summed E-state index contributed by atoms with van der Waals surface area (Å²) in [6.07, 6.45) is 2.60. The minimum atomic E-state index is -0.390. The summed E-state index contributed by atoms with van der Waals surface area (Å²) >= 11 is 5.86. The van der Waals surface area contributed by atoms with E-state index in [1.54, 1.807) is 12.1 Å². The number of likely N-dealkylation sites (N-methyl/N-ethyl adjacent to an activating group) is 1. The lowest BCUT2D eigenvalue weighted by molar-refractivity contribution is 0.542. The van der Waals surface area contributed by atoms with E-state index in [0.717, 1.165) is 29.8 Å². The summed E-state index contributed by atoms with van der Waals surface area (Å²) in [5, 5.41) is 3.54. The molecule has 1 heterocycles. The average molecular weight is 293 g/mol. The van der Waals surface area contributed by atoms with Crippen LogP contribution in [0.25, 0.3) is 0 Å². The van der Waals surface area contributed by atoms with Gasteiger partial charge in [-0.15, -0.1) is 0 Å². The van der Waals surface area contributed by atoms with Crippen molar-refractivity contribution in [3.8, 4) is 0 Å². The molecule has 4 heteroatoms. The molecule has 20 heavy (non-hydrogen) atoms. The molecule has 0 spiro atoms. The van der Waals surface area contributed by atoms with Crippen LogP contribution in [0.4, 0.5) is 4.39 Å². The molecule has 1 N–H and O–H groups in total. The fourth-order valence-corrected chi connectivity index (χ4v) is 2.30. The van der Waals surface area contributed by atoms with E-state index in [9.17, 15) is 4.39 Å². The number of aromatic nitrogens is 1. The van der Waals surface area contributed by atoms with Crippen LogP contribution in [-0.2, 0) is 6.42 Å². The Kier molecular flexibility index (Phi) is 5.10. The van der Waals surface area contributed by atoms with Crippen molar-refractivity contribution in [3.63, 3.8) is 0 Å². The Labute approximate surface area is 124 Å². The molecule has 1 aromatic carbocycles. The summed E-state index contributed by atoms with van der Waals surface area (Å²) in [6, 6.07) is 8.99. The molecule has 0 amide bonds. The quantitative estimate of drug-likeness (QED) is 0.898. The van der Waals surface area contributed by atoms with E-state index in [4.69, 9.17) is 11.6 Å². The molecule has 1 aromatic heterocycles. The maximum absolute atomic E-state index is 13.3. The van der Waals surface area contributed by atoms with Crippen molar-refractivity contribution < 1.29 is 4.39 Å². The van der Waals surface area contributed by atoms with E-state index < -0.39 is 0 Å². The van der Waals surface area contributed by atoms with E-state index >= 15 is 0 Å². The Bertz CT molecular complexity index is 569. The van der Waals surface area contributed by atoms with E-state index in [0.29, 0.717) is 0 Å². The van der Waals surface area contributed by atoms with Crippen molar-refractivity contribution >= 4 is 11.6 Å². The fraction of sp³-hybridized carbons (Fsp3) is 0.312. The Hall–Kier alpha value is -1.45. The van der Waals surface area contributed by atoms with Crippen molar-refractivity contribution in [3.05, 3.63) is 64.2 Å².